The minimum absolute atomic E-state index is 0.487. The number of fused-ring (bicyclic) bond motifs is 1. The minimum atomic E-state index is -1.25. The van der Waals surface area contributed by atoms with E-state index in [0.29, 0.717) is 11.5 Å². The van der Waals surface area contributed by atoms with Crippen LogP contribution in [0.15, 0.2) is 34.9 Å². The molecular weight excluding hydrogens is 200 g/mol. The quantitative estimate of drug-likeness (QED) is 0.721. The van der Waals surface area contributed by atoms with Crippen LogP contribution in [0.5, 0.6) is 0 Å². The van der Waals surface area contributed by atoms with Crippen molar-refractivity contribution in [3.63, 3.8) is 0 Å². The van der Waals surface area contributed by atoms with Gasteiger partial charge in [0.2, 0.25) is 0 Å². The Hall–Kier alpha value is -1.42. The average molecular weight is 208 g/mol. The smallest absolute Gasteiger partial charge is 0.449 e. The number of ether oxygens (including phenoxy) is 1. The van der Waals surface area contributed by atoms with Gasteiger partial charge in [-0.05, 0) is 17.7 Å². The van der Waals surface area contributed by atoms with Crippen LogP contribution in [0.1, 0.15) is 5.56 Å². The molecule has 1 aromatic carbocycles. The molecule has 0 fully saturated rings. The van der Waals surface area contributed by atoms with Crippen molar-refractivity contribution in [2.75, 3.05) is 5.75 Å². The molecule has 1 aromatic rings. The molecule has 0 atom stereocenters. The van der Waals surface area contributed by atoms with Crippen molar-refractivity contribution in [1.29, 1.82) is 0 Å². The Labute approximate surface area is 85.4 Å². The normalized spacial score (nSPS) is 14.1. The molecule has 0 saturated heterocycles. The minimum Gasteiger partial charge on any atom is -0.449 e. The Kier molecular flexibility index (Phi) is 2.45. The lowest BCUT2D eigenvalue weighted by molar-refractivity contribution is 0.120. The molecule has 0 radical (unpaired) electrons. The molecule has 0 aromatic heterocycles. The van der Waals surface area contributed by atoms with Crippen molar-refractivity contribution in [1.82, 2.24) is 0 Å². The molecule has 1 N–H and O–H groups in total. The van der Waals surface area contributed by atoms with Crippen molar-refractivity contribution >= 4 is 24.0 Å². The average Bonchev–Trinajstić information content (AvgIpc) is 2.17. The molecule has 1 heterocycles. The van der Waals surface area contributed by atoms with Crippen molar-refractivity contribution < 1.29 is 14.6 Å². The van der Waals surface area contributed by atoms with Gasteiger partial charge >= 0.3 is 6.16 Å². The van der Waals surface area contributed by atoms with E-state index in [-0.39, 0.29) is 0 Å². The van der Waals surface area contributed by atoms with E-state index in [9.17, 15) is 4.79 Å². The van der Waals surface area contributed by atoms with Crippen LogP contribution < -0.4 is 0 Å². The topological polar surface area (TPSA) is 46.5 Å². The van der Waals surface area contributed by atoms with Crippen molar-refractivity contribution in [3.8, 4) is 0 Å². The number of carboxylic acid groups (broad SMARTS) is 1. The second kappa shape index (κ2) is 3.75. The van der Waals surface area contributed by atoms with Gasteiger partial charge in [0.25, 0.3) is 0 Å². The summed E-state index contributed by atoms with van der Waals surface area (Å²) in [5.41, 5.74) is 1.01. The third-order valence-electron chi connectivity index (χ3n) is 1.82. The number of rotatable bonds is 1. The maximum Gasteiger partial charge on any atom is 0.511 e. The summed E-state index contributed by atoms with van der Waals surface area (Å²) in [6.07, 6.45) is 0.510. The van der Waals surface area contributed by atoms with Crippen LogP contribution in [0.25, 0.3) is 6.08 Å². The first-order chi connectivity index (χ1) is 6.75. The van der Waals surface area contributed by atoms with Gasteiger partial charge in [-0.15, -0.1) is 11.8 Å². The third kappa shape index (κ3) is 1.90. The number of hydrogen-bond donors (Lipinski definition) is 1. The summed E-state index contributed by atoms with van der Waals surface area (Å²) in [4.78, 5) is 11.5. The number of thioether (sulfide) groups is 1. The van der Waals surface area contributed by atoms with Crippen molar-refractivity contribution in [3.05, 3.63) is 35.6 Å². The van der Waals surface area contributed by atoms with Crippen LogP contribution in [-0.4, -0.2) is 17.0 Å². The second-order valence-corrected chi connectivity index (χ2v) is 3.82. The predicted molar refractivity (Wildman–Crippen MR) is 54.3 cm³/mol. The van der Waals surface area contributed by atoms with Gasteiger partial charge in [0.1, 0.15) is 5.76 Å². The van der Waals surface area contributed by atoms with Gasteiger partial charge < -0.3 is 9.84 Å². The summed E-state index contributed by atoms with van der Waals surface area (Å²) < 4.78 is 4.60. The molecule has 72 valence electrons. The lowest BCUT2D eigenvalue weighted by Gasteiger charge is -2.13. The highest BCUT2D eigenvalue weighted by molar-refractivity contribution is 7.99. The maximum absolute atomic E-state index is 10.3. The highest BCUT2D eigenvalue weighted by Gasteiger charge is 2.13. The van der Waals surface area contributed by atoms with Crippen molar-refractivity contribution in [2.24, 2.45) is 0 Å². The molecule has 14 heavy (non-hydrogen) atoms. The molecule has 0 aliphatic carbocycles. The Balaban J connectivity index is 2.26. The number of hydrogen-bond acceptors (Lipinski definition) is 3. The van der Waals surface area contributed by atoms with Gasteiger partial charge in [0, 0.05) is 4.90 Å². The van der Waals surface area contributed by atoms with E-state index in [4.69, 9.17) is 5.11 Å². The SMILES string of the molecule is O=C(O)OC1=Cc2ccccc2SC1. The van der Waals surface area contributed by atoms with E-state index in [0.717, 1.165) is 10.5 Å². The standard InChI is InChI=1S/C10H8O3S/c11-10(12)13-8-5-7-3-1-2-4-9(7)14-6-8/h1-5H,6H2,(H,11,12). The molecule has 0 amide bonds. The molecular formula is C10H8O3S. The van der Waals surface area contributed by atoms with E-state index in [1.54, 1.807) is 17.8 Å². The summed E-state index contributed by atoms with van der Waals surface area (Å²) in [6.45, 7) is 0. The third-order valence-corrected chi connectivity index (χ3v) is 2.94. The lowest BCUT2D eigenvalue weighted by Crippen LogP contribution is -2.04. The van der Waals surface area contributed by atoms with Gasteiger partial charge in [0.15, 0.2) is 0 Å². The molecule has 3 nitrogen and oxygen atoms in total. The van der Waals surface area contributed by atoms with Crippen LogP contribution in [-0.2, 0) is 4.74 Å². The zero-order valence-electron chi connectivity index (χ0n) is 7.27. The van der Waals surface area contributed by atoms with Gasteiger partial charge in [-0.1, -0.05) is 18.2 Å². The van der Waals surface area contributed by atoms with Gasteiger partial charge in [-0.25, -0.2) is 4.79 Å². The Morgan fingerprint density at radius 1 is 1.43 bits per heavy atom. The van der Waals surface area contributed by atoms with E-state index in [2.05, 4.69) is 4.74 Å². The lowest BCUT2D eigenvalue weighted by atomic mass is 10.2. The Morgan fingerprint density at radius 3 is 3.00 bits per heavy atom. The van der Waals surface area contributed by atoms with Crippen LogP contribution in [0.4, 0.5) is 4.79 Å². The Morgan fingerprint density at radius 2 is 2.21 bits per heavy atom. The molecule has 0 bridgehead atoms. The zero-order chi connectivity index (χ0) is 9.97. The summed E-state index contributed by atoms with van der Waals surface area (Å²) in [7, 11) is 0. The van der Waals surface area contributed by atoms with Crippen LogP contribution in [0.2, 0.25) is 0 Å². The van der Waals surface area contributed by atoms with Crippen molar-refractivity contribution in [2.45, 2.75) is 4.90 Å². The molecule has 0 saturated carbocycles. The fraction of sp³-hybridized carbons (Fsp3) is 0.100. The summed E-state index contributed by atoms with van der Waals surface area (Å²) >= 11 is 1.58. The first-order valence-corrected chi connectivity index (χ1v) is 5.07. The van der Waals surface area contributed by atoms with Crippen LogP contribution in [0.3, 0.4) is 0 Å². The van der Waals surface area contributed by atoms with E-state index < -0.39 is 6.16 Å². The maximum atomic E-state index is 10.3. The van der Waals surface area contributed by atoms with E-state index >= 15 is 0 Å². The van der Waals surface area contributed by atoms with E-state index in [1.807, 2.05) is 24.3 Å². The highest BCUT2D eigenvalue weighted by atomic mass is 32.2. The number of benzene rings is 1. The molecule has 1 aliphatic heterocycles. The first-order valence-electron chi connectivity index (χ1n) is 4.09. The predicted octanol–water partition coefficient (Wildman–Crippen LogP) is 2.83. The summed E-state index contributed by atoms with van der Waals surface area (Å²) in [5, 5.41) is 8.44. The fourth-order valence-corrected chi connectivity index (χ4v) is 2.17. The Bertz CT molecular complexity index is 398. The van der Waals surface area contributed by atoms with E-state index in [1.165, 1.54) is 0 Å². The van der Waals surface area contributed by atoms with Gasteiger partial charge in [-0.3, -0.25) is 0 Å². The zero-order valence-corrected chi connectivity index (χ0v) is 8.08. The second-order valence-electron chi connectivity index (χ2n) is 2.81. The van der Waals surface area contributed by atoms with Gasteiger partial charge in [0.05, 0.1) is 5.75 Å². The fourth-order valence-electron chi connectivity index (χ4n) is 1.27. The highest BCUT2D eigenvalue weighted by Crippen LogP contribution is 2.31. The molecule has 0 spiro atoms. The molecule has 1 aliphatic rings. The van der Waals surface area contributed by atoms with Gasteiger partial charge in [-0.2, -0.15) is 0 Å². The van der Waals surface area contributed by atoms with Crippen LogP contribution in [0, 0.1) is 0 Å². The first kappa shape index (κ1) is 9.15. The molecule has 2 rings (SSSR count). The molecule has 0 unspecified atom stereocenters. The monoisotopic (exact) mass is 208 g/mol. The van der Waals surface area contributed by atoms with Crippen LogP contribution >= 0.6 is 11.8 Å². The summed E-state index contributed by atoms with van der Waals surface area (Å²) in [6, 6.07) is 7.82. The molecule has 4 heteroatoms. The summed E-state index contributed by atoms with van der Waals surface area (Å²) in [5.74, 6) is 1.06. The largest absolute Gasteiger partial charge is 0.511 e. The number of carbonyl (C=O) groups is 1.